The van der Waals surface area contributed by atoms with Crippen molar-refractivity contribution >= 4 is 6.08 Å². The van der Waals surface area contributed by atoms with Crippen LogP contribution in [0.2, 0.25) is 0 Å². The Morgan fingerprint density at radius 1 is 1.29 bits per heavy atom. The third-order valence-electron chi connectivity index (χ3n) is 1.65. The van der Waals surface area contributed by atoms with E-state index in [-0.39, 0.29) is 6.04 Å². The molecule has 0 bridgehead atoms. The Balaban J connectivity index is 0.000000791. The molecule has 0 radical (unpaired) electrons. The van der Waals surface area contributed by atoms with E-state index in [0.29, 0.717) is 0 Å². The topological polar surface area (TPSA) is 29.4 Å². The average Bonchev–Trinajstić information content (AvgIpc) is 2.22. The summed E-state index contributed by atoms with van der Waals surface area (Å²) in [5.41, 5.74) is 1.20. The third-order valence-corrected chi connectivity index (χ3v) is 1.65. The van der Waals surface area contributed by atoms with Gasteiger partial charge in [0.05, 0.1) is 6.04 Å². The molecule has 1 rings (SSSR count). The van der Waals surface area contributed by atoms with Crippen molar-refractivity contribution in [1.29, 1.82) is 0 Å². The van der Waals surface area contributed by atoms with Gasteiger partial charge in [-0.25, -0.2) is 9.79 Å². The van der Waals surface area contributed by atoms with Crippen molar-refractivity contribution in [1.82, 2.24) is 0 Å². The molecule has 2 heteroatoms. The standard InChI is InChI=1S/C10H11NO.C2H6/c1-9(11-8-12)7-10-5-3-2-4-6-10;1-2/h2-6,9H,7H2,1H3;1-2H3. The number of nitrogens with zero attached hydrogens (tertiary/aromatic N) is 1. The highest BCUT2D eigenvalue weighted by Crippen LogP contribution is 2.04. The highest BCUT2D eigenvalue weighted by molar-refractivity contribution is 5.33. The summed E-state index contributed by atoms with van der Waals surface area (Å²) in [5.74, 6) is 0. The molecule has 0 N–H and O–H groups in total. The number of hydrogen-bond donors (Lipinski definition) is 0. The van der Waals surface area contributed by atoms with Crippen molar-refractivity contribution in [3.63, 3.8) is 0 Å². The van der Waals surface area contributed by atoms with Crippen molar-refractivity contribution in [2.45, 2.75) is 33.2 Å². The van der Waals surface area contributed by atoms with E-state index < -0.39 is 0 Å². The predicted octanol–water partition coefficient (Wildman–Crippen LogP) is 2.98. The fourth-order valence-electron chi connectivity index (χ4n) is 1.09. The van der Waals surface area contributed by atoms with Crippen LogP contribution in [0, 0.1) is 0 Å². The molecule has 0 aliphatic carbocycles. The van der Waals surface area contributed by atoms with Crippen molar-refractivity contribution in [3.8, 4) is 0 Å². The zero-order valence-corrected chi connectivity index (χ0v) is 9.03. The molecule has 0 saturated carbocycles. The molecule has 0 fully saturated rings. The van der Waals surface area contributed by atoms with Gasteiger partial charge in [-0.2, -0.15) is 0 Å². The summed E-state index contributed by atoms with van der Waals surface area (Å²) in [4.78, 5) is 13.5. The maximum Gasteiger partial charge on any atom is 0.235 e. The molecule has 76 valence electrons. The Bertz CT molecular complexity index is 276. The van der Waals surface area contributed by atoms with Gasteiger partial charge in [0.2, 0.25) is 6.08 Å². The summed E-state index contributed by atoms with van der Waals surface area (Å²) in [5, 5.41) is 0. The molecule has 0 spiro atoms. The first kappa shape index (κ1) is 12.6. The summed E-state index contributed by atoms with van der Waals surface area (Å²) in [6.07, 6.45) is 2.36. The second-order valence-electron chi connectivity index (χ2n) is 2.76. The number of benzene rings is 1. The molecular formula is C12H17NO. The van der Waals surface area contributed by atoms with Crippen molar-refractivity contribution in [3.05, 3.63) is 35.9 Å². The fraction of sp³-hybridized carbons (Fsp3) is 0.417. The molecule has 14 heavy (non-hydrogen) atoms. The Morgan fingerprint density at radius 2 is 1.86 bits per heavy atom. The zero-order chi connectivity index (χ0) is 10.8. The van der Waals surface area contributed by atoms with Crippen LogP contribution < -0.4 is 0 Å². The molecule has 1 unspecified atom stereocenters. The van der Waals surface area contributed by atoms with Gasteiger partial charge in [0.25, 0.3) is 0 Å². The van der Waals surface area contributed by atoms with Crippen LogP contribution >= 0.6 is 0 Å². The van der Waals surface area contributed by atoms with Crippen LogP contribution in [0.5, 0.6) is 0 Å². The van der Waals surface area contributed by atoms with E-state index in [0.717, 1.165) is 6.42 Å². The molecular weight excluding hydrogens is 174 g/mol. The Labute approximate surface area is 85.7 Å². The van der Waals surface area contributed by atoms with E-state index in [1.165, 1.54) is 5.56 Å². The smallest absolute Gasteiger partial charge is 0.211 e. The second-order valence-corrected chi connectivity index (χ2v) is 2.76. The lowest BCUT2D eigenvalue weighted by atomic mass is 10.1. The highest BCUT2D eigenvalue weighted by Gasteiger charge is 1.99. The van der Waals surface area contributed by atoms with Crippen LogP contribution in [0.3, 0.4) is 0 Å². The normalized spacial score (nSPS) is 10.5. The zero-order valence-electron chi connectivity index (χ0n) is 9.03. The first-order chi connectivity index (χ1) is 6.83. The lowest BCUT2D eigenvalue weighted by Crippen LogP contribution is -2.01. The van der Waals surface area contributed by atoms with Crippen LogP contribution in [0.4, 0.5) is 0 Å². The Kier molecular flexibility index (Phi) is 7.39. The van der Waals surface area contributed by atoms with Gasteiger partial charge in [-0.1, -0.05) is 44.2 Å². The van der Waals surface area contributed by atoms with Gasteiger partial charge >= 0.3 is 0 Å². The molecule has 1 aromatic rings. The molecule has 0 amide bonds. The summed E-state index contributed by atoms with van der Waals surface area (Å²) in [6.45, 7) is 5.90. The van der Waals surface area contributed by atoms with Gasteiger partial charge in [-0.3, -0.25) is 0 Å². The molecule has 1 atom stereocenters. The summed E-state index contributed by atoms with van der Waals surface area (Å²) >= 11 is 0. The molecule has 0 aliphatic heterocycles. The first-order valence-electron chi connectivity index (χ1n) is 4.94. The van der Waals surface area contributed by atoms with Gasteiger partial charge in [-0.15, -0.1) is 0 Å². The van der Waals surface area contributed by atoms with Gasteiger partial charge < -0.3 is 0 Å². The number of carbonyl (C=O) groups excluding carboxylic acids is 1. The van der Waals surface area contributed by atoms with E-state index in [1.807, 2.05) is 51.1 Å². The number of rotatable bonds is 3. The minimum atomic E-state index is 0.0323. The van der Waals surface area contributed by atoms with Crippen molar-refractivity contribution in [2.24, 2.45) is 4.99 Å². The average molecular weight is 191 g/mol. The maximum absolute atomic E-state index is 9.91. The molecule has 0 heterocycles. The summed E-state index contributed by atoms with van der Waals surface area (Å²) < 4.78 is 0. The Morgan fingerprint density at radius 3 is 2.36 bits per heavy atom. The minimum absolute atomic E-state index is 0.0323. The summed E-state index contributed by atoms with van der Waals surface area (Å²) in [6, 6.07) is 10.0. The highest BCUT2D eigenvalue weighted by atomic mass is 16.1. The molecule has 1 aromatic carbocycles. The third kappa shape index (κ3) is 5.28. The van der Waals surface area contributed by atoms with E-state index in [9.17, 15) is 4.79 Å². The molecule has 0 saturated heterocycles. The predicted molar refractivity (Wildman–Crippen MR) is 59.1 cm³/mol. The number of hydrogen-bond acceptors (Lipinski definition) is 2. The quantitative estimate of drug-likeness (QED) is 0.533. The van der Waals surface area contributed by atoms with Crippen LogP contribution in [-0.4, -0.2) is 12.1 Å². The van der Waals surface area contributed by atoms with Crippen molar-refractivity contribution < 1.29 is 4.79 Å². The van der Waals surface area contributed by atoms with Gasteiger partial charge in [0, 0.05) is 0 Å². The second kappa shape index (κ2) is 8.21. The van der Waals surface area contributed by atoms with Crippen LogP contribution in [0.1, 0.15) is 26.3 Å². The van der Waals surface area contributed by atoms with Crippen LogP contribution in [0.25, 0.3) is 0 Å². The minimum Gasteiger partial charge on any atom is -0.211 e. The lowest BCUT2D eigenvalue weighted by Gasteiger charge is -2.02. The number of aliphatic imine (C=N–C) groups is 1. The van der Waals surface area contributed by atoms with Crippen LogP contribution in [-0.2, 0) is 11.2 Å². The Hall–Kier alpha value is -1.40. The first-order valence-corrected chi connectivity index (χ1v) is 4.94. The largest absolute Gasteiger partial charge is 0.235 e. The van der Waals surface area contributed by atoms with E-state index in [2.05, 4.69) is 4.99 Å². The SMILES string of the molecule is CC.CC(Cc1ccccc1)N=C=O. The van der Waals surface area contributed by atoms with Crippen molar-refractivity contribution in [2.75, 3.05) is 0 Å². The van der Waals surface area contributed by atoms with E-state index >= 15 is 0 Å². The van der Waals surface area contributed by atoms with E-state index in [4.69, 9.17) is 0 Å². The van der Waals surface area contributed by atoms with Gasteiger partial charge in [0.15, 0.2) is 0 Å². The molecule has 2 nitrogen and oxygen atoms in total. The lowest BCUT2D eigenvalue weighted by molar-refractivity contribution is 0.558. The van der Waals surface area contributed by atoms with Gasteiger partial charge in [0.1, 0.15) is 0 Å². The van der Waals surface area contributed by atoms with E-state index in [1.54, 1.807) is 6.08 Å². The summed E-state index contributed by atoms with van der Waals surface area (Å²) in [7, 11) is 0. The number of isocyanates is 1. The van der Waals surface area contributed by atoms with Gasteiger partial charge in [-0.05, 0) is 18.9 Å². The monoisotopic (exact) mass is 191 g/mol. The maximum atomic E-state index is 9.91. The molecule has 0 aliphatic rings. The molecule has 0 aromatic heterocycles. The fourth-order valence-corrected chi connectivity index (χ4v) is 1.09. The van der Waals surface area contributed by atoms with Crippen LogP contribution in [0.15, 0.2) is 35.3 Å².